The van der Waals surface area contributed by atoms with E-state index in [0.717, 1.165) is 0 Å². The van der Waals surface area contributed by atoms with Crippen LogP contribution in [0.3, 0.4) is 0 Å². The van der Waals surface area contributed by atoms with E-state index < -0.39 is 5.97 Å². The third kappa shape index (κ3) is 2.57. The summed E-state index contributed by atoms with van der Waals surface area (Å²) in [5.74, 6) is -1.31. The second-order valence-electron chi connectivity index (χ2n) is 3.73. The molecule has 0 amide bonds. The molecule has 0 aromatic heterocycles. The zero-order valence-electron chi connectivity index (χ0n) is 9.26. The largest absolute Gasteiger partial charge is 0.478 e. The lowest BCUT2D eigenvalue weighted by molar-refractivity contribution is 0.0697. The Labute approximate surface area is 109 Å². The topological polar surface area (TPSA) is 54.4 Å². The molecule has 0 bridgehead atoms. The van der Waals surface area contributed by atoms with Gasteiger partial charge >= 0.3 is 5.97 Å². The highest BCUT2D eigenvalue weighted by Crippen LogP contribution is 2.16. The molecule has 2 aromatic rings. The van der Waals surface area contributed by atoms with Gasteiger partial charge in [0.2, 0.25) is 0 Å². The summed E-state index contributed by atoms with van der Waals surface area (Å²) in [6.45, 7) is 0. The van der Waals surface area contributed by atoms with Crippen LogP contribution in [0.1, 0.15) is 26.3 Å². The van der Waals surface area contributed by atoms with Crippen LogP contribution in [-0.2, 0) is 0 Å². The molecule has 0 spiro atoms. The smallest absolute Gasteiger partial charge is 0.335 e. The third-order valence-corrected chi connectivity index (χ3v) is 2.69. The molecule has 2 aromatic carbocycles. The number of carboxylic acids is 1. The fourth-order valence-electron chi connectivity index (χ4n) is 1.59. The van der Waals surface area contributed by atoms with Crippen molar-refractivity contribution >= 4 is 23.4 Å². The summed E-state index contributed by atoms with van der Waals surface area (Å²) < 4.78 is 0. The Hall–Kier alpha value is -2.13. The minimum atomic E-state index is -1.06. The summed E-state index contributed by atoms with van der Waals surface area (Å²) in [6.07, 6.45) is 0. The predicted molar refractivity (Wildman–Crippen MR) is 68.3 cm³/mol. The number of aromatic carboxylic acids is 1. The Kier molecular flexibility index (Phi) is 3.44. The number of benzene rings is 2. The molecule has 0 radical (unpaired) electrons. The second-order valence-corrected chi connectivity index (χ2v) is 4.16. The lowest BCUT2D eigenvalue weighted by Gasteiger charge is -2.03. The van der Waals surface area contributed by atoms with Gasteiger partial charge in [-0.15, -0.1) is 0 Å². The molecule has 0 aliphatic heterocycles. The van der Waals surface area contributed by atoms with Crippen LogP contribution in [-0.4, -0.2) is 16.9 Å². The fraction of sp³-hybridized carbons (Fsp3) is 0. The van der Waals surface area contributed by atoms with E-state index in [4.69, 9.17) is 16.7 Å². The van der Waals surface area contributed by atoms with E-state index in [-0.39, 0.29) is 11.3 Å². The zero-order chi connectivity index (χ0) is 13.1. The van der Waals surface area contributed by atoms with E-state index in [9.17, 15) is 9.59 Å². The summed E-state index contributed by atoms with van der Waals surface area (Å²) in [4.78, 5) is 23.0. The van der Waals surface area contributed by atoms with E-state index in [0.29, 0.717) is 16.1 Å². The van der Waals surface area contributed by atoms with Crippen molar-refractivity contribution in [2.24, 2.45) is 0 Å². The molecule has 3 nitrogen and oxygen atoms in total. The highest BCUT2D eigenvalue weighted by Gasteiger charge is 2.11. The number of carbonyl (C=O) groups is 2. The molecule has 18 heavy (non-hydrogen) atoms. The molecule has 0 saturated carbocycles. The first kappa shape index (κ1) is 12.3. The van der Waals surface area contributed by atoms with Crippen molar-refractivity contribution in [1.82, 2.24) is 0 Å². The van der Waals surface area contributed by atoms with E-state index in [2.05, 4.69) is 0 Å². The van der Waals surface area contributed by atoms with Gasteiger partial charge in [-0.2, -0.15) is 0 Å². The van der Waals surface area contributed by atoms with Gasteiger partial charge in [-0.3, -0.25) is 4.79 Å². The molecule has 90 valence electrons. The number of ketones is 1. The molecule has 0 aliphatic carbocycles. The van der Waals surface area contributed by atoms with Crippen LogP contribution in [0.2, 0.25) is 5.02 Å². The van der Waals surface area contributed by atoms with E-state index in [1.807, 2.05) is 0 Å². The normalized spacial score (nSPS) is 10.1. The van der Waals surface area contributed by atoms with E-state index in [1.165, 1.54) is 12.1 Å². The van der Waals surface area contributed by atoms with Crippen molar-refractivity contribution in [2.75, 3.05) is 0 Å². The van der Waals surface area contributed by atoms with Crippen molar-refractivity contribution in [2.45, 2.75) is 0 Å². The Bertz CT molecular complexity index is 620. The lowest BCUT2D eigenvalue weighted by atomic mass is 10.0. The average molecular weight is 261 g/mol. The van der Waals surface area contributed by atoms with Crippen molar-refractivity contribution in [1.29, 1.82) is 0 Å². The Balaban J connectivity index is 2.40. The molecule has 2 rings (SSSR count). The predicted octanol–water partition coefficient (Wildman–Crippen LogP) is 3.27. The Morgan fingerprint density at radius 2 is 1.44 bits per heavy atom. The molecule has 0 fully saturated rings. The van der Waals surface area contributed by atoms with Gasteiger partial charge < -0.3 is 5.11 Å². The van der Waals surface area contributed by atoms with Gasteiger partial charge in [-0.1, -0.05) is 35.9 Å². The van der Waals surface area contributed by atoms with Gasteiger partial charge in [-0.05, 0) is 24.3 Å². The maximum atomic E-state index is 12.1. The SMILES string of the molecule is O=C(O)c1cccc(C(=O)c2cccc(Cl)c2)c1. The molecule has 0 atom stereocenters. The van der Waals surface area contributed by atoms with Gasteiger partial charge in [0.05, 0.1) is 5.56 Å². The maximum absolute atomic E-state index is 12.1. The molecular weight excluding hydrogens is 252 g/mol. The van der Waals surface area contributed by atoms with E-state index in [1.54, 1.807) is 36.4 Å². The third-order valence-electron chi connectivity index (χ3n) is 2.46. The van der Waals surface area contributed by atoms with Crippen molar-refractivity contribution in [3.8, 4) is 0 Å². The monoisotopic (exact) mass is 260 g/mol. The molecule has 0 unspecified atom stereocenters. The van der Waals surface area contributed by atoms with Crippen molar-refractivity contribution in [3.05, 3.63) is 70.2 Å². The zero-order valence-corrected chi connectivity index (χ0v) is 10.0. The van der Waals surface area contributed by atoms with Crippen LogP contribution >= 0.6 is 11.6 Å². The molecule has 1 N–H and O–H groups in total. The lowest BCUT2D eigenvalue weighted by Crippen LogP contribution is -2.04. The summed E-state index contributed by atoms with van der Waals surface area (Å²) in [5.41, 5.74) is 0.852. The van der Waals surface area contributed by atoms with Crippen molar-refractivity contribution in [3.63, 3.8) is 0 Å². The number of carboxylic acid groups (broad SMARTS) is 1. The molecule has 0 saturated heterocycles. The van der Waals surface area contributed by atoms with Gasteiger partial charge in [0.15, 0.2) is 5.78 Å². The first-order valence-electron chi connectivity index (χ1n) is 5.21. The minimum Gasteiger partial charge on any atom is -0.478 e. The van der Waals surface area contributed by atoms with E-state index >= 15 is 0 Å². The van der Waals surface area contributed by atoms with Crippen LogP contribution in [0.5, 0.6) is 0 Å². The minimum absolute atomic E-state index is 0.0860. The maximum Gasteiger partial charge on any atom is 0.335 e. The fourth-order valence-corrected chi connectivity index (χ4v) is 1.78. The standard InChI is InChI=1S/C14H9ClO3/c15-12-6-2-4-10(8-12)13(16)9-3-1-5-11(7-9)14(17)18/h1-8H,(H,17,18). The van der Waals surface area contributed by atoms with Gasteiger partial charge in [-0.25, -0.2) is 4.79 Å². The first-order valence-corrected chi connectivity index (χ1v) is 5.59. The van der Waals surface area contributed by atoms with Gasteiger partial charge in [0, 0.05) is 16.1 Å². The number of halogens is 1. The quantitative estimate of drug-likeness (QED) is 0.862. The van der Waals surface area contributed by atoms with Crippen LogP contribution in [0.15, 0.2) is 48.5 Å². The molecular formula is C14H9ClO3. The summed E-state index contributed by atoms with van der Waals surface area (Å²) >= 11 is 5.81. The average Bonchev–Trinajstić information content (AvgIpc) is 2.38. The summed E-state index contributed by atoms with van der Waals surface area (Å²) in [6, 6.07) is 12.5. The number of carbonyl (C=O) groups excluding carboxylic acids is 1. The first-order chi connectivity index (χ1) is 8.58. The van der Waals surface area contributed by atoms with Crippen LogP contribution in [0.4, 0.5) is 0 Å². The Morgan fingerprint density at radius 1 is 0.889 bits per heavy atom. The molecule has 0 heterocycles. The van der Waals surface area contributed by atoms with Gasteiger partial charge in [0.1, 0.15) is 0 Å². The second kappa shape index (κ2) is 5.02. The molecule has 0 aliphatic rings. The number of hydrogen-bond acceptors (Lipinski definition) is 2. The van der Waals surface area contributed by atoms with Gasteiger partial charge in [0.25, 0.3) is 0 Å². The number of hydrogen-bond donors (Lipinski definition) is 1. The molecule has 4 heteroatoms. The van der Waals surface area contributed by atoms with Crippen LogP contribution in [0, 0.1) is 0 Å². The van der Waals surface area contributed by atoms with Crippen LogP contribution in [0.25, 0.3) is 0 Å². The highest BCUT2D eigenvalue weighted by atomic mass is 35.5. The number of rotatable bonds is 3. The van der Waals surface area contributed by atoms with Crippen LogP contribution < -0.4 is 0 Å². The summed E-state index contributed by atoms with van der Waals surface area (Å²) in [5, 5.41) is 9.34. The van der Waals surface area contributed by atoms with Crippen molar-refractivity contribution < 1.29 is 14.7 Å². The Morgan fingerprint density at radius 3 is 2.06 bits per heavy atom. The highest BCUT2D eigenvalue weighted by molar-refractivity contribution is 6.31. The summed E-state index contributed by atoms with van der Waals surface area (Å²) in [7, 11) is 0.